The molecule has 6 rings (SSSR count). The largest absolute Gasteiger partial charge is 0.507 e. The summed E-state index contributed by atoms with van der Waals surface area (Å²) in [7, 11) is 1.61. The highest BCUT2D eigenvalue weighted by atomic mass is 32.1. The number of non-ortho nitro benzene ring substituents is 1. The van der Waals surface area contributed by atoms with Gasteiger partial charge in [0.05, 0.1) is 28.3 Å². The number of aromatic nitrogens is 1. The molecule has 1 N–H and O–H groups in total. The molecule has 0 unspecified atom stereocenters. The van der Waals surface area contributed by atoms with Crippen LogP contribution in [0.3, 0.4) is 0 Å². The van der Waals surface area contributed by atoms with Gasteiger partial charge in [-0.1, -0.05) is 47.7 Å². The molecule has 3 aromatic carbocycles. The molecule has 0 saturated heterocycles. The van der Waals surface area contributed by atoms with Gasteiger partial charge in [-0.05, 0) is 53.8 Å². The Morgan fingerprint density at radius 3 is 2.68 bits per heavy atom. The summed E-state index contributed by atoms with van der Waals surface area (Å²) in [6, 6.07) is 19.3. The van der Waals surface area contributed by atoms with E-state index in [0.717, 1.165) is 41.0 Å². The van der Waals surface area contributed by atoms with Gasteiger partial charge in [0.2, 0.25) is 0 Å². The average molecular weight is 512 g/mol. The number of nitro benzene ring substituents is 1. The summed E-state index contributed by atoms with van der Waals surface area (Å²) in [5.41, 5.74) is 4.95. The van der Waals surface area contributed by atoms with Crippen molar-refractivity contribution < 1.29 is 14.8 Å². The number of aromatic hydroxyl groups is 1. The number of benzene rings is 3. The van der Waals surface area contributed by atoms with E-state index in [1.807, 2.05) is 36.4 Å². The molecule has 4 aromatic rings. The number of nitro groups is 1. The van der Waals surface area contributed by atoms with E-state index in [2.05, 4.69) is 12.1 Å². The van der Waals surface area contributed by atoms with Crippen molar-refractivity contribution in [3.05, 3.63) is 124 Å². The van der Waals surface area contributed by atoms with Gasteiger partial charge in [-0.2, -0.15) is 0 Å². The molecular formula is C28H21N3O5S. The maximum atomic E-state index is 13.8. The highest BCUT2D eigenvalue weighted by Crippen LogP contribution is 2.41. The number of methoxy groups -OCH3 is 1. The number of phenolic OH excluding ortho intramolecular Hbond substituents is 1. The molecule has 8 nitrogen and oxygen atoms in total. The van der Waals surface area contributed by atoms with Gasteiger partial charge in [0.15, 0.2) is 4.80 Å². The fourth-order valence-electron chi connectivity index (χ4n) is 5.02. The number of rotatable bonds is 4. The van der Waals surface area contributed by atoms with Gasteiger partial charge in [0, 0.05) is 23.3 Å². The van der Waals surface area contributed by atoms with Gasteiger partial charge in [0.1, 0.15) is 11.5 Å². The Kier molecular flexibility index (Phi) is 5.49. The van der Waals surface area contributed by atoms with Gasteiger partial charge >= 0.3 is 0 Å². The zero-order chi connectivity index (χ0) is 25.7. The number of nitrogens with zero attached hydrogens (tertiary/aromatic N) is 3. The molecule has 1 aromatic heterocycles. The molecule has 184 valence electrons. The summed E-state index contributed by atoms with van der Waals surface area (Å²) >= 11 is 1.20. The minimum atomic E-state index is -0.534. The zero-order valence-corrected chi connectivity index (χ0v) is 20.6. The van der Waals surface area contributed by atoms with E-state index in [-0.39, 0.29) is 28.6 Å². The van der Waals surface area contributed by atoms with E-state index in [1.165, 1.54) is 41.2 Å². The molecule has 0 spiro atoms. The first-order valence-electron chi connectivity index (χ1n) is 11.7. The second kappa shape index (κ2) is 8.86. The first-order chi connectivity index (χ1) is 17.9. The third-order valence-corrected chi connectivity index (χ3v) is 7.80. The van der Waals surface area contributed by atoms with Crippen molar-refractivity contribution in [2.45, 2.75) is 18.9 Å². The molecular weight excluding hydrogens is 490 g/mol. The molecule has 9 heteroatoms. The summed E-state index contributed by atoms with van der Waals surface area (Å²) in [4.78, 5) is 30.0. The van der Waals surface area contributed by atoms with Crippen LogP contribution in [0.2, 0.25) is 0 Å². The van der Waals surface area contributed by atoms with Crippen molar-refractivity contribution in [3.63, 3.8) is 0 Å². The predicted octanol–water partition coefficient (Wildman–Crippen LogP) is 3.94. The summed E-state index contributed by atoms with van der Waals surface area (Å²) in [5.74, 6) is 0.580. The Hall–Kier alpha value is -4.50. The van der Waals surface area contributed by atoms with Gasteiger partial charge in [-0.3, -0.25) is 19.5 Å². The second-order valence-corrected chi connectivity index (χ2v) is 9.90. The van der Waals surface area contributed by atoms with Crippen LogP contribution in [0.4, 0.5) is 5.69 Å². The Morgan fingerprint density at radius 2 is 1.92 bits per heavy atom. The van der Waals surface area contributed by atoms with Crippen LogP contribution in [0, 0.1) is 10.1 Å². The zero-order valence-electron chi connectivity index (χ0n) is 19.7. The van der Waals surface area contributed by atoms with Crippen LogP contribution in [-0.4, -0.2) is 21.7 Å². The third kappa shape index (κ3) is 3.84. The molecule has 0 bridgehead atoms. The monoisotopic (exact) mass is 511 g/mol. The number of hydrogen-bond donors (Lipinski definition) is 1. The van der Waals surface area contributed by atoms with Crippen molar-refractivity contribution in [1.82, 2.24) is 4.57 Å². The Balaban J connectivity index is 1.60. The minimum absolute atomic E-state index is 0.142. The predicted molar refractivity (Wildman–Crippen MR) is 141 cm³/mol. The number of aryl methyl sites for hydroxylation is 1. The number of phenols is 1. The number of allylic oxidation sites excluding steroid dienone is 1. The summed E-state index contributed by atoms with van der Waals surface area (Å²) in [6.07, 6.45) is 3.11. The van der Waals surface area contributed by atoms with Crippen LogP contribution in [-0.2, 0) is 6.42 Å². The molecule has 1 aliphatic heterocycles. The maximum Gasteiger partial charge on any atom is 0.271 e. The van der Waals surface area contributed by atoms with Crippen molar-refractivity contribution in [1.29, 1.82) is 0 Å². The molecule has 1 aliphatic carbocycles. The Bertz CT molecular complexity index is 1780. The number of ether oxygens (including phenoxy) is 1. The lowest BCUT2D eigenvalue weighted by atomic mass is 9.83. The van der Waals surface area contributed by atoms with Gasteiger partial charge in [-0.25, -0.2) is 4.99 Å². The second-order valence-electron chi connectivity index (χ2n) is 8.89. The summed E-state index contributed by atoms with van der Waals surface area (Å²) < 4.78 is 7.37. The van der Waals surface area contributed by atoms with Gasteiger partial charge in [-0.15, -0.1) is 0 Å². The fraction of sp³-hybridized carbons (Fsp3) is 0.143. The van der Waals surface area contributed by atoms with Gasteiger partial charge in [0.25, 0.3) is 11.2 Å². The van der Waals surface area contributed by atoms with E-state index < -0.39 is 4.92 Å². The Morgan fingerprint density at radius 1 is 1.14 bits per heavy atom. The minimum Gasteiger partial charge on any atom is -0.507 e. The third-order valence-electron chi connectivity index (χ3n) is 6.81. The summed E-state index contributed by atoms with van der Waals surface area (Å²) in [5, 5.41) is 21.6. The van der Waals surface area contributed by atoms with E-state index in [0.29, 0.717) is 9.33 Å². The maximum absolute atomic E-state index is 13.8. The van der Waals surface area contributed by atoms with Crippen LogP contribution in [0.25, 0.3) is 11.8 Å². The van der Waals surface area contributed by atoms with E-state index in [1.54, 1.807) is 11.7 Å². The van der Waals surface area contributed by atoms with Crippen molar-refractivity contribution in [2.75, 3.05) is 7.11 Å². The number of fused-ring (bicyclic) bond motifs is 3. The number of thiazole rings is 1. The first-order valence-corrected chi connectivity index (χ1v) is 12.5. The lowest BCUT2D eigenvalue weighted by Gasteiger charge is -2.30. The highest BCUT2D eigenvalue weighted by Gasteiger charge is 2.32. The van der Waals surface area contributed by atoms with Crippen molar-refractivity contribution >= 4 is 28.8 Å². The standard InChI is InChI=1S/C28H21N3O5S/c1-36-20-10-6-17(7-11-20)26-22-12-8-16-4-2-3-5-21(16)25(22)29-28-30(26)27(33)24(37-28)15-18-14-19(31(34)35)9-13-23(18)32/h2-7,9-11,13-15,26,32H,8,12H2,1H3/b24-15+/t26-/m1/s1. The van der Waals surface area contributed by atoms with Crippen LogP contribution in [0.5, 0.6) is 11.5 Å². The van der Waals surface area contributed by atoms with Crippen LogP contribution >= 0.6 is 11.3 Å². The smallest absolute Gasteiger partial charge is 0.271 e. The van der Waals surface area contributed by atoms with Crippen molar-refractivity contribution in [3.8, 4) is 11.5 Å². The fourth-order valence-corrected chi connectivity index (χ4v) is 6.01. The molecule has 0 radical (unpaired) electrons. The molecule has 2 heterocycles. The normalized spacial score (nSPS) is 16.5. The summed E-state index contributed by atoms with van der Waals surface area (Å²) in [6.45, 7) is 0. The van der Waals surface area contributed by atoms with Crippen LogP contribution in [0.15, 0.2) is 82.1 Å². The van der Waals surface area contributed by atoms with E-state index in [9.17, 15) is 20.0 Å². The quantitative estimate of drug-likeness (QED) is 0.330. The molecule has 0 saturated carbocycles. The molecule has 37 heavy (non-hydrogen) atoms. The number of hydrogen-bond acceptors (Lipinski definition) is 7. The van der Waals surface area contributed by atoms with Crippen LogP contribution in [0.1, 0.15) is 34.7 Å². The molecule has 2 aliphatic rings. The molecule has 1 atom stereocenters. The average Bonchev–Trinajstić information content (AvgIpc) is 3.23. The SMILES string of the molecule is COc1ccc([C@@H]2C3=C(N=c4s/c(=C/c5cc([N+](=O)[O-])ccc5O)c(=O)n42)c2ccccc2CC3)cc1. The molecule has 0 amide bonds. The van der Waals surface area contributed by atoms with Gasteiger partial charge < -0.3 is 9.84 Å². The topological polar surface area (TPSA) is 107 Å². The lowest BCUT2D eigenvalue weighted by Crippen LogP contribution is -2.38. The van der Waals surface area contributed by atoms with Crippen LogP contribution < -0.4 is 19.6 Å². The van der Waals surface area contributed by atoms with Crippen molar-refractivity contribution in [2.24, 2.45) is 4.99 Å². The Labute approximate surface area is 214 Å². The molecule has 0 fully saturated rings. The van der Waals surface area contributed by atoms with E-state index >= 15 is 0 Å². The van der Waals surface area contributed by atoms with E-state index in [4.69, 9.17) is 9.73 Å². The lowest BCUT2D eigenvalue weighted by molar-refractivity contribution is -0.384. The first kappa shape index (κ1) is 22.9. The highest BCUT2D eigenvalue weighted by molar-refractivity contribution is 7.07.